The lowest BCUT2D eigenvalue weighted by atomic mass is 9.98. The van der Waals surface area contributed by atoms with Gasteiger partial charge in [0.1, 0.15) is 0 Å². The minimum absolute atomic E-state index is 0.0409. The highest BCUT2D eigenvalue weighted by Gasteiger charge is 2.42. The van der Waals surface area contributed by atoms with Gasteiger partial charge in [-0.15, -0.1) is 0 Å². The number of sulfonamides is 1. The maximum Gasteiger partial charge on any atom is 0.253 e. The summed E-state index contributed by atoms with van der Waals surface area (Å²) in [4.78, 5) is 26.3. The number of likely N-dealkylation sites (tertiary alicyclic amines) is 1. The number of benzene rings is 1. The van der Waals surface area contributed by atoms with E-state index in [-0.39, 0.29) is 42.4 Å². The minimum atomic E-state index is -3.82. The number of nitrogens with two attached hydrogens (primary N) is 1. The number of piperazine rings is 1. The number of carbonyl (C=O) groups excluding carboxylic acids is 2. The zero-order valence-corrected chi connectivity index (χ0v) is 15.8. The second kappa shape index (κ2) is 6.88. The van der Waals surface area contributed by atoms with E-state index in [0.717, 1.165) is 17.1 Å². The first-order valence-corrected chi connectivity index (χ1v) is 10.7. The van der Waals surface area contributed by atoms with Crippen LogP contribution in [0, 0.1) is 11.8 Å². The van der Waals surface area contributed by atoms with Crippen molar-refractivity contribution in [2.75, 3.05) is 32.7 Å². The molecule has 27 heavy (non-hydrogen) atoms. The zero-order chi connectivity index (χ0) is 19.2. The predicted molar refractivity (Wildman–Crippen MR) is 98.3 cm³/mol. The molecule has 2 heterocycles. The molecule has 146 valence electrons. The van der Waals surface area contributed by atoms with Crippen molar-refractivity contribution in [3.8, 4) is 0 Å². The van der Waals surface area contributed by atoms with Gasteiger partial charge in [-0.1, -0.05) is 6.07 Å². The molecule has 9 heteroatoms. The van der Waals surface area contributed by atoms with Crippen molar-refractivity contribution >= 4 is 21.8 Å². The second-order valence-corrected chi connectivity index (χ2v) is 9.53. The summed E-state index contributed by atoms with van der Waals surface area (Å²) < 4.78 is 26.8. The van der Waals surface area contributed by atoms with Crippen molar-refractivity contribution in [1.29, 1.82) is 0 Å². The first-order chi connectivity index (χ1) is 12.9. The molecule has 0 radical (unpaired) electrons. The number of carbonyl (C=O) groups is 2. The molecule has 0 bridgehead atoms. The number of hydrogen-bond acceptors (Lipinski definition) is 5. The number of amides is 2. The summed E-state index contributed by atoms with van der Waals surface area (Å²) in [7, 11) is -3.82. The van der Waals surface area contributed by atoms with Crippen LogP contribution in [0.4, 0.5) is 0 Å². The topological polar surface area (TPSA) is 113 Å². The van der Waals surface area contributed by atoms with E-state index in [2.05, 4.69) is 5.32 Å². The number of hydrogen-bond donors (Lipinski definition) is 2. The minimum Gasteiger partial charge on any atom is -0.354 e. The van der Waals surface area contributed by atoms with Crippen LogP contribution in [0.5, 0.6) is 0 Å². The normalized spacial score (nSPS) is 28.9. The van der Waals surface area contributed by atoms with Gasteiger partial charge < -0.3 is 16.0 Å². The van der Waals surface area contributed by atoms with Crippen LogP contribution in [0.2, 0.25) is 0 Å². The van der Waals surface area contributed by atoms with Crippen molar-refractivity contribution in [2.24, 2.45) is 17.6 Å². The first kappa shape index (κ1) is 18.4. The fourth-order valence-corrected chi connectivity index (χ4v) is 5.86. The zero-order valence-electron chi connectivity index (χ0n) is 15.0. The molecule has 1 saturated carbocycles. The summed E-state index contributed by atoms with van der Waals surface area (Å²) in [6, 6.07) is 6.24. The highest BCUT2D eigenvalue weighted by atomic mass is 32.2. The van der Waals surface area contributed by atoms with E-state index in [0.29, 0.717) is 30.5 Å². The van der Waals surface area contributed by atoms with Crippen molar-refractivity contribution in [1.82, 2.24) is 14.5 Å². The number of rotatable bonds is 3. The molecule has 4 rings (SSSR count). The Hall–Kier alpha value is -1.97. The Balaban J connectivity index is 1.54. The van der Waals surface area contributed by atoms with E-state index >= 15 is 0 Å². The summed E-state index contributed by atoms with van der Waals surface area (Å²) in [5, 5.41) is 2.61. The Bertz CT molecular complexity index is 872. The highest BCUT2D eigenvalue weighted by molar-refractivity contribution is 7.89. The summed E-state index contributed by atoms with van der Waals surface area (Å²) in [6.07, 6.45) is 2.05. The van der Waals surface area contributed by atoms with Crippen LogP contribution in [0.3, 0.4) is 0 Å². The second-order valence-electron chi connectivity index (χ2n) is 7.59. The number of nitrogens with one attached hydrogen (secondary N) is 1. The summed E-state index contributed by atoms with van der Waals surface area (Å²) in [6.45, 7) is 1.62. The molecule has 2 aliphatic heterocycles. The summed E-state index contributed by atoms with van der Waals surface area (Å²) in [5.41, 5.74) is 6.49. The average Bonchev–Trinajstić information content (AvgIpc) is 3.23. The van der Waals surface area contributed by atoms with E-state index in [1.807, 2.05) is 0 Å². The van der Waals surface area contributed by atoms with Gasteiger partial charge in [-0.25, -0.2) is 8.42 Å². The van der Waals surface area contributed by atoms with Gasteiger partial charge in [0.2, 0.25) is 15.9 Å². The Morgan fingerprint density at radius 1 is 1.22 bits per heavy atom. The SMILES string of the molecule is NC1CCC2CN(C(=O)c3cccc(S(=O)(=O)N4CCNC(=O)C4)c3)CC12. The fourth-order valence-electron chi connectivity index (χ4n) is 4.41. The summed E-state index contributed by atoms with van der Waals surface area (Å²) in [5.74, 6) is 0.303. The molecule has 0 spiro atoms. The van der Waals surface area contributed by atoms with Gasteiger partial charge in [0, 0.05) is 37.8 Å². The lowest BCUT2D eigenvalue weighted by Gasteiger charge is -2.26. The van der Waals surface area contributed by atoms with E-state index < -0.39 is 10.0 Å². The van der Waals surface area contributed by atoms with Crippen molar-refractivity contribution in [3.05, 3.63) is 29.8 Å². The van der Waals surface area contributed by atoms with Gasteiger partial charge in [-0.2, -0.15) is 4.31 Å². The first-order valence-electron chi connectivity index (χ1n) is 9.28. The average molecular weight is 392 g/mol. The third-order valence-electron chi connectivity index (χ3n) is 5.92. The Labute approximate surface area is 158 Å². The molecule has 2 saturated heterocycles. The third kappa shape index (κ3) is 3.35. The van der Waals surface area contributed by atoms with Gasteiger partial charge in [0.05, 0.1) is 11.4 Å². The molecule has 3 fully saturated rings. The van der Waals surface area contributed by atoms with Crippen LogP contribution in [0.25, 0.3) is 0 Å². The van der Waals surface area contributed by atoms with Crippen LogP contribution in [0.15, 0.2) is 29.2 Å². The van der Waals surface area contributed by atoms with Gasteiger partial charge in [-0.3, -0.25) is 9.59 Å². The Kier molecular flexibility index (Phi) is 4.69. The molecule has 3 aliphatic rings. The molecule has 2 amide bonds. The molecule has 1 aromatic rings. The van der Waals surface area contributed by atoms with Crippen LogP contribution in [0.1, 0.15) is 23.2 Å². The van der Waals surface area contributed by atoms with Crippen molar-refractivity contribution < 1.29 is 18.0 Å². The van der Waals surface area contributed by atoms with E-state index in [1.54, 1.807) is 17.0 Å². The van der Waals surface area contributed by atoms with Gasteiger partial charge in [-0.05, 0) is 42.9 Å². The van der Waals surface area contributed by atoms with Crippen LogP contribution < -0.4 is 11.1 Å². The van der Waals surface area contributed by atoms with E-state index in [1.165, 1.54) is 12.1 Å². The van der Waals surface area contributed by atoms with E-state index in [4.69, 9.17) is 5.73 Å². The standard InChI is InChI=1S/C18H24N4O4S/c19-16-5-4-13-9-21(10-15(13)16)18(24)12-2-1-3-14(8-12)27(25,26)22-7-6-20-17(23)11-22/h1-3,8,13,15-16H,4-7,9-11,19H2,(H,20,23). The number of fused-ring (bicyclic) bond motifs is 1. The van der Waals surface area contributed by atoms with Crippen molar-refractivity contribution in [3.63, 3.8) is 0 Å². The van der Waals surface area contributed by atoms with Crippen LogP contribution in [-0.4, -0.2) is 68.2 Å². The number of nitrogens with zero attached hydrogens (tertiary/aromatic N) is 2. The van der Waals surface area contributed by atoms with Crippen molar-refractivity contribution in [2.45, 2.75) is 23.8 Å². The molecule has 3 unspecified atom stereocenters. The molecule has 0 aromatic heterocycles. The van der Waals surface area contributed by atoms with Crippen LogP contribution >= 0.6 is 0 Å². The molecule has 1 aromatic carbocycles. The monoisotopic (exact) mass is 392 g/mol. The molecule has 8 nitrogen and oxygen atoms in total. The predicted octanol–water partition coefficient (Wildman–Crippen LogP) is -0.384. The molecule has 1 aliphatic carbocycles. The van der Waals surface area contributed by atoms with Gasteiger partial charge >= 0.3 is 0 Å². The lowest BCUT2D eigenvalue weighted by Crippen LogP contribution is -2.49. The highest BCUT2D eigenvalue weighted by Crippen LogP contribution is 2.37. The Morgan fingerprint density at radius 2 is 2.04 bits per heavy atom. The molecular weight excluding hydrogens is 368 g/mol. The van der Waals surface area contributed by atoms with Gasteiger partial charge in [0.25, 0.3) is 5.91 Å². The molecular formula is C18H24N4O4S. The molecule has 3 N–H and O–H groups in total. The largest absolute Gasteiger partial charge is 0.354 e. The Morgan fingerprint density at radius 3 is 2.78 bits per heavy atom. The lowest BCUT2D eigenvalue weighted by molar-refractivity contribution is -0.122. The maximum atomic E-state index is 12.9. The van der Waals surface area contributed by atoms with Gasteiger partial charge in [0.15, 0.2) is 0 Å². The third-order valence-corrected chi connectivity index (χ3v) is 7.76. The summed E-state index contributed by atoms with van der Waals surface area (Å²) >= 11 is 0. The quantitative estimate of drug-likeness (QED) is 0.728. The van der Waals surface area contributed by atoms with E-state index in [9.17, 15) is 18.0 Å². The maximum absolute atomic E-state index is 12.9. The van der Waals surface area contributed by atoms with Crippen LogP contribution in [-0.2, 0) is 14.8 Å². The fraction of sp³-hybridized carbons (Fsp3) is 0.556. The smallest absolute Gasteiger partial charge is 0.253 e. The molecule has 3 atom stereocenters.